The predicted molar refractivity (Wildman–Crippen MR) is 27.5 cm³/mol. The summed E-state index contributed by atoms with van der Waals surface area (Å²) < 4.78 is 24.1. The van der Waals surface area contributed by atoms with Gasteiger partial charge in [-0.05, 0) is 0 Å². The summed E-state index contributed by atoms with van der Waals surface area (Å²) in [7, 11) is 0. The number of hydrogen-bond acceptors (Lipinski definition) is 2. The molecule has 3 nitrogen and oxygen atoms in total. The molecule has 46 valence electrons. The Balaban J connectivity index is -0.0000000575. The zero-order valence-electron chi connectivity index (χ0n) is 5.38. The molecule has 0 bridgehead atoms. The van der Waals surface area contributed by atoms with Crippen LogP contribution in [0, 0.1) is 0 Å². The van der Waals surface area contributed by atoms with E-state index in [1.54, 1.807) is 0 Å². The molecule has 0 heterocycles. The van der Waals surface area contributed by atoms with Gasteiger partial charge < -0.3 is 9.11 Å². The molecule has 0 fully saturated rings. The van der Waals surface area contributed by atoms with Crippen molar-refractivity contribution in [3.05, 3.63) is 0 Å². The molecule has 0 aliphatic carbocycles. The van der Waals surface area contributed by atoms with Crippen molar-refractivity contribution in [1.29, 1.82) is 0 Å². The first kappa shape index (κ1) is 16.4. The first-order valence-electron chi connectivity index (χ1n) is 1.93. The first-order chi connectivity index (χ1) is 3.15. The van der Waals surface area contributed by atoms with Gasteiger partial charge in [-0.25, -0.2) is 4.21 Å². The van der Waals surface area contributed by atoms with Crippen LogP contribution in [-0.4, -0.2) is 13.3 Å². The molecule has 5 heteroatoms. The minimum atomic E-state index is -2.86. The van der Waals surface area contributed by atoms with Gasteiger partial charge in [-0.1, -0.05) is 20.3 Å². The molecule has 0 aromatic heterocycles. The van der Waals surface area contributed by atoms with Crippen LogP contribution in [0.25, 0.3) is 0 Å². The van der Waals surface area contributed by atoms with Crippen molar-refractivity contribution in [2.45, 2.75) is 20.3 Å². The Bertz CT molecular complexity index is 45.8. The second-order valence-electron chi connectivity index (χ2n) is 0.924. The summed E-state index contributed by atoms with van der Waals surface area (Å²) in [5, 5.41) is 0. The van der Waals surface area contributed by atoms with Gasteiger partial charge in [0.1, 0.15) is 0 Å². The molecule has 1 N–H and O–H groups in total. The molecule has 1 unspecified atom stereocenters. The van der Waals surface area contributed by atoms with Gasteiger partial charge in [0.15, 0.2) is 0 Å². The minimum Gasteiger partial charge on any atom is -0.750 e. The van der Waals surface area contributed by atoms with Gasteiger partial charge in [0.2, 0.25) is 0 Å². The summed E-state index contributed by atoms with van der Waals surface area (Å²) in [4.78, 5) is 0. The van der Waals surface area contributed by atoms with Gasteiger partial charge in [0, 0.05) is 0 Å². The summed E-state index contributed by atoms with van der Waals surface area (Å²) in [6.07, 6.45) is 1.25. The van der Waals surface area contributed by atoms with Gasteiger partial charge in [-0.2, -0.15) is 0 Å². The van der Waals surface area contributed by atoms with Crippen LogP contribution in [0.5, 0.6) is 0 Å². The standard InChI is InChI=1S/C3H8.K.H2O3S/c1-3-2;;1-4(2)3/h3H2,1-2H3;;(H2,1,2,3)/q;+1;/p-1. The molecule has 0 amide bonds. The van der Waals surface area contributed by atoms with Crippen molar-refractivity contribution >= 4 is 11.4 Å². The predicted octanol–water partition coefficient (Wildman–Crippen LogP) is -2.24. The normalized spacial score (nSPS) is 10.0. The Morgan fingerprint density at radius 1 is 1.62 bits per heavy atom. The van der Waals surface area contributed by atoms with E-state index in [-0.39, 0.29) is 51.4 Å². The van der Waals surface area contributed by atoms with Crippen molar-refractivity contribution in [3.8, 4) is 0 Å². The number of rotatable bonds is 0. The molecular weight excluding hydrogens is 155 g/mol. The van der Waals surface area contributed by atoms with Crippen LogP contribution < -0.4 is 51.4 Å². The third kappa shape index (κ3) is 119. The van der Waals surface area contributed by atoms with Gasteiger partial charge in [0.05, 0.1) is 11.4 Å². The van der Waals surface area contributed by atoms with Crippen molar-refractivity contribution < 1.29 is 64.7 Å². The van der Waals surface area contributed by atoms with Crippen LogP contribution in [0.2, 0.25) is 0 Å². The van der Waals surface area contributed by atoms with E-state index in [4.69, 9.17) is 13.3 Å². The Morgan fingerprint density at radius 3 is 1.62 bits per heavy atom. The molecule has 0 saturated heterocycles. The van der Waals surface area contributed by atoms with E-state index in [0.717, 1.165) is 0 Å². The molecule has 0 aliphatic rings. The van der Waals surface area contributed by atoms with E-state index in [2.05, 4.69) is 13.8 Å². The summed E-state index contributed by atoms with van der Waals surface area (Å²) in [5.74, 6) is 0. The second kappa shape index (κ2) is 15.9. The third-order valence-electron chi connectivity index (χ3n) is 0. The topological polar surface area (TPSA) is 60.4 Å². The van der Waals surface area contributed by atoms with Crippen LogP contribution in [0.1, 0.15) is 20.3 Å². The van der Waals surface area contributed by atoms with E-state index in [1.165, 1.54) is 6.42 Å². The van der Waals surface area contributed by atoms with Crippen molar-refractivity contribution in [1.82, 2.24) is 0 Å². The monoisotopic (exact) mass is 164 g/mol. The van der Waals surface area contributed by atoms with E-state index >= 15 is 0 Å². The molecule has 0 aromatic carbocycles. The summed E-state index contributed by atoms with van der Waals surface area (Å²) in [6, 6.07) is 0. The molecule has 1 atom stereocenters. The molecular formula is C3H9KO3S. The maximum atomic E-state index is 8.56. The van der Waals surface area contributed by atoms with E-state index in [0.29, 0.717) is 0 Å². The van der Waals surface area contributed by atoms with Crippen LogP contribution >= 0.6 is 0 Å². The fourth-order valence-corrected chi connectivity index (χ4v) is 0. The molecule has 0 aromatic rings. The van der Waals surface area contributed by atoms with Crippen LogP contribution in [0.3, 0.4) is 0 Å². The van der Waals surface area contributed by atoms with Crippen LogP contribution in [0.15, 0.2) is 0 Å². The quantitative estimate of drug-likeness (QED) is 0.325. The van der Waals surface area contributed by atoms with E-state index < -0.39 is 11.4 Å². The summed E-state index contributed by atoms with van der Waals surface area (Å²) in [6.45, 7) is 4.25. The first-order valence-corrected chi connectivity index (χ1v) is 2.96. The zero-order chi connectivity index (χ0) is 6.28. The summed E-state index contributed by atoms with van der Waals surface area (Å²) in [5.41, 5.74) is 0. The minimum absolute atomic E-state index is 0. The van der Waals surface area contributed by atoms with E-state index in [9.17, 15) is 0 Å². The third-order valence-corrected chi connectivity index (χ3v) is 0. The Hall–Kier alpha value is 1.71. The van der Waals surface area contributed by atoms with Crippen molar-refractivity contribution in [2.75, 3.05) is 0 Å². The molecule has 0 aliphatic heterocycles. The fraction of sp³-hybridized carbons (Fsp3) is 1.00. The van der Waals surface area contributed by atoms with E-state index in [1.807, 2.05) is 0 Å². The van der Waals surface area contributed by atoms with Crippen molar-refractivity contribution in [2.24, 2.45) is 0 Å². The fourth-order valence-electron chi connectivity index (χ4n) is 0. The maximum Gasteiger partial charge on any atom is 1.00 e. The van der Waals surface area contributed by atoms with Gasteiger partial charge >= 0.3 is 51.4 Å². The molecule has 0 saturated carbocycles. The van der Waals surface area contributed by atoms with Crippen molar-refractivity contribution in [3.63, 3.8) is 0 Å². The largest absolute Gasteiger partial charge is 1.00 e. The average molecular weight is 164 g/mol. The molecule has 0 radical (unpaired) electrons. The summed E-state index contributed by atoms with van der Waals surface area (Å²) >= 11 is -2.86. The Kier molecular flexibility index (Phi) is 32.5. The SMILES string of the molecule is CCC.O=S([O-])O.[K+]. The number of hydrogen-bond donors (Lipinski definition) is 1. The van der Waals surface area contributed by atoms with Gasteiger partial charge in [-0.15, -0.1) is 0 Å². The van der Waals surface area contributed by atoms with Gasteiger partial charge in [0.25, 0.3) is 0 Å². The van der Waals surface area contributed by atoms with Crippen LogP contribution in [-0.2, 0) is 11.4 Å². The van der Waals surface area contributed by atoms with Gasteiger partial charge in [-0.3, -0.25) is 0 Å². The smallest absolute Gasteiger partial charge is 0.750 e. The van der Waals surface area contributed by atoms with Crippen LogP contribution in [0.4, 0.5) is 0 Å². The second-order valence-corrected chi connectivity index (χ2v) is 1.36. The molecule has 8 heavy (non-hydrogen) atoms. The maximum absolute atomic E-state index is 8.56. The zero-order valence-corrected chi connectivity index (χ0v) is 9.32. The molecule has 0 rings (SSSR count). The average Bonchev–Trinajstić information content (AvgIpc) is 1.33. The Morgan fingerprint density at radius 2 is 1.62 bits per heavy atom. The molecule has 0 spiro atoms. The Labute approximate surface area is 94.8 Å².